The van der Waals surface area contributed by atoms with Crippen LogP contribution in [-0.4, -0.2) is 18.2 Å². The lowest BCUT2D eigenvalue weighted by atomic mass is 10.0. The highest BCUT2D eigenvalue weighted by molar-refractivity contribution is 5.79. The third kappa shape index (κ3) is 1.25. The van der Waals surface area contributed by atoms with E-state index in [0.29, 0.717) is 12.2 Å². The molecule has 0 amide bonds. The number of hydrogen-bond acceptors (Lipinski definition) is 2. The standard InChI is InChI=1S/C11H12O3/c1-14-9-4-2-3-7-5-6-8(10(7)9)11(12)13/h2-4,8H,5-6H2,1H3,(H,12,13). The van der Waals surface area contributed by atoms with Crippen LogP contribution >= 0.6 is 0 Å². The van der Waals surface area contributed by atoms with Crippen LogP contribution < -0.4 is 4.74 Å². The van der Waals surface area contributed by atoms with E-state index in [1.807, 2.05) is 18.2 Å². The molecule has 1 atom stereocenters. The predicted octanol–water partition coefficient (Wildman–Crippen LogP) is 1.81. The molecule has 0 heterocycles. The Bertz CT molecular complexity index is 371. The Labute approximate surface area is 82.3 Å². The van der Waals surface area contributed by atoms with Crippen molar-refractivity contribution in [1.82, 2.24) is 0 Å². The molecule has 74 valence electrons. The second-order valence-electron chi connectivity index (χ2n) is 3.46. The maximum atomic E-state index is 11.0. The van der Waals surface area contributed by atoms with Gasteiger partial charge in [0.25, 0.3) is 0 Å². The summed E-state index contributed by atoms with van der Waals surface area (Å²) in [5.74, 6) is -0.443. The monoisotopic (exact) mass is 192 g/mol. The Balaban J connectivity index is 2.50. The van der Waals surface area contributed by atoms with Gasteiger partial charge in [-0.2, -0.15) is 0 Å². The Morgan fingerprint density at radius 1 is 1.57 bits per heavy atom. The Kier molecular flexibility index (Phi) is 2.15. The van der Waals surface area contributed by atoms with Crippen molar-refractivity contribution in [1.29, 1.82) is 0 Å². The minimum Gasteiger partial charge on any atom is -0.496 e. The molecule has 0 aromatic heterocycles. The van der Waals surface area contributed by atoms with Gasteiger partial charge >= 0.3 is 5.97 Å². The zero-order valence-electron chi connectivity index (χ0n) is 7.99. The zero-order valence-corrected chi connectivity index (χ0v) is 7.99. The molecule has 0 radical (unpaired) electrons. The van der Waals surface area contributed by atoms with E-state index in [-0.39, 0.29) is 5.92 Å². The second kappa shape index (κ2) is 3.33. The minimum absolute atomic E-state index is 0.388. The quantitative estimate of drug-likeness (QED) is 0.777. The summed E-state index contributed by atoms with van der Waals surface area (Å²) in [7, 11) is 1.58. The highest BCUT2D eigenvalue weighted by Crippen LogP contribution is 2.39. The highest BCUT2D eigenvalue weighted by atomic mass is 16.5. The first-order valence-electron chi connectivity index (χ1n) is 4.62. The minimum atomic E-state index is -0.756. The largest absolute Gasteiger partial charge is 0.496 e. The molecule has 3 nitrogen and oxygen atoms in total. The van der Waals surface area contributed by atoms with Gasteiger partial charge in [-0.15, -0.1) is 0 Å². The number of aliphatic carboxylic acids is 1. The van der Waals surface area contributed by atoms with E-state index < -0.39 is 5.97 Å². The van der Waals surface area contributed by atoms with Gasteiger partial charge in [-0.1, -0.05) is 12.1 Å². The molecule has 0 saturated heterocycles. The molecule has 1 aromatic carbocycles. The molecule has 0 bridgehead atoms. The van der Waals surface area contributed by atoms with Gasteiger partial charge in [0.1, 0.15) is 5.75 Å². The lowest BCUT2D eigenvalue weighted by Gasteiger charge is -2.10. The fourth-order valence-corrected chi connectivity index (χ4v) is 2.07. The molecule has 2 rings (SSSR count). The van der Waals surface area contributed by atoms with Crippen molar-refractivity contribution in [3.05, 3.63) is 29.3 Å². The molecular weight excluding hydrogens is 180 g/mol. The van der Waals surface area contributed by atoms with E-state index >= 15 is 0 Å². The van der Waals surface area contributed by atoms with Crippen LogP contribution in [0, 0.1) is 0 Å². The fraction of sp³-hybridized carbons (Fsp3) is 0.364. The number of rotatable bonds is 2. The number of benzene rings is 1. The van der Waals surface area contributed by atoms with Gasteiger partial charge in [-0.3, -0.25) is 4.79 Å². The summed E-state index contributed by atoms with van der Waals surface area (Å²) < 4.78 is 5.17. The first-order valence-corrected chi connectivity index (χ1v) is 4.62. The molecule has 0 aliphatic heterocycles. The molecular formula is C11H12O3. The van der Waals surface area contributed by atoms with Crippen molar-refractivity contribution in [3.63, 3.8) is 0 Å². The predicted molar refractivity (Wildman–Crippen MR) is 51.7 cm³/mol. The van der Waals surface area contributed by atoms with Crippen molar-refractivity contribution in [2.45, 2.75) is 18.8 Å². The van der Waals surface area contributed by atoms with Crippen LogP contribution in [0.15, 0.2) is 18.2 Å². The number of fused-ring (bicyclic) bond motifs is 1. The van der Waals surface area contributed by atoms with Gasteiger partial charge < -0.3 is 9.84 Å². The van der Waals surface area contributed by atoms with Crippen LogP contribution in [0.5, 0.6) is 5.75 Å². The molecule has 3 heteroatoms. The molecule has 1 aliphatic rings. The molecule has 1 unspecified atom stereocenters. The second-order valence-corrected chi connectivity index (χ2v) is 3.46. The zero-order chi connectivity index (χ0) is 10.1. The molecule has 1 aliphatic carbocycles. The van der Waals surface area contributed by atoms with E-state index in [1.54, 1.807) is 7.11 Å². The first kappa shape index (κ1) is 9.06. The maximum Gasteiger partial charge on any atom is 0.311 e. The summed E-state index contributed by atoms with van der Waals surface area (Å²) in [6, 6.07) is 5.70. The number of aryl methyl sites for hydroxylation is 1. The van der Waals surface area contributed by atoms with Crippen LogP contribution in [0.1, 0.15) is 23.5 Å². The number of carboxylic acid groups (broad SMARTS) is 1. The first-order chi connectivity index (χ1) is 6.74. The number of hydrogen-bond donors (Lipinski definition) is 1. The number of ether oxygens (including phenoxy) is 1. The Morgan fingerprint density at radius 3 is 3.00 bits per heavy atom. The van der Waals surface area contributed by atoms with E-state index in [0.717, 1.165) is 17.5 Å². The van der Waals surface area contributed by atoms with Crippen LogP contribution in [0.2, 0.25) is 0 Å². The number of methoxy groups -OCH3 is 1. The van der Waals surface area contributed by atoms with Crippen molar-refractivity contribution in [2.24, 2.45) is 0 Å². The SMILES string of the molecule is COc1cccc2c1C(C(=O)O)CC2. The molecule has 0 spiro atoms. The van der Waals surface area contributed by atoms with Gasteiger partial charge in [-0.05, 0) is 24.5 Å². The molecule has 0 saturated carbocycles. The van der Waals surface area contributed by atoms with Gasteiger partial charge in [0.2, 0.25) is 0 Å². The van der Waals surface area contributed by atoms with Crippen molar-refractivity contribution < 1.29 is 14.6 Å². The van der Waals surface area contributed by atoms with E-state index in [1.165, 1.54) is 0 Å². The van der Waals surface area contributed by atoms with E-state index in [4.69, 9.17) is 9.84 Å². The van der Waals surface area contributed by atoms with Gasteiger partial charge in [0.05, 0.1) is 13.0 Å². The highest BCUT2D eigenvalue weighted by Gasteiger charge is 2.31. The van der Waals surface area contributed by atoms with Crippen LogP contribution in [-0.2, 0) is 11.2 Å². The van der Waals surface area contributed by atoms with Gasteiger partial charge in [0.15, 0.2) is 0 Å². The van der Waals surface area contributed by atoms with Gasteiger partial charge in [0, 0.05) is 5.56 Å². The summed E-state index contributed by atoms with van der Waals surface area (Å²) in [6.45, 7) is 0. The van der Waals surface area contributed by atoms with Gasteiger partial charge in [-0.25, -0.2) is 0 Å². The maximum absolute atomic E-state index is 11.0. The van der Waals surface area contributed by atoms with Crippen molar-refractivity contribution in [2.75, 3.05) is 7.11 Å². The normalized spacial score (nSPS) is 19.1. The summed E-state index contributed by atoms with van der Waals surface area (Å²) in [5, 5.41) is 9.02. The lowest BCUT2D eigenvalue weighted by molar-refractivity contribution is -0.138. The average Bonchev–Trinajstić information content (AvgIpc) is 2.60. The van der Waals surface area contributed by atoms with E-state index in [9.17, 15) is 4.79 Å². The smallest absolute Gasteiger partial charge is 0.311 e. The molecule has 14 heavy (non-hydrogen) atoms. The summed E-state index contributed by atoms with van der Waals surface area (Å²) in [6.07, 6.45) is 1.52. The summed E-state index contributed by atoms with van der Waals surface area (Å²) >= 11 is 0. The summed E-state index contributed by atoms with van der Waals surface area (Å²) in [4.78, 5) is 11.0. The fourth-order valence-electron chi connectivity index (χ4n) is 2.07. The van der Waals surface area contributed by atoms with Crippen molar-refractivity contribution >= 4 is 5.97 Å². The summed E-state index contributed by atoms with van der Waals surface area (Å²) in [5.41, 5.74) is 1.97. The van der Waals surface area contributed by atoms with Crippen molar-refractivity contribution in [3.8, 4) is 5.75 Å². The Hall–Kier alpha value is -1.51. The Morgan fingerprint density at radius 2 is 2.36 bits per heavy atom. The topological polar surface area (TPSA) is 46.5 Å². The van der Waals surface area contributed by atoms with Crippen LogP contribution in [0.4, 0.5) is 0 Å². The number of carboxylic acids is 1. The van der Waals surface area contributed by atoms with E-state index in [2.05, 4.69) is 0 Å². The molecule has 1 aromatic rings. The van der Waals surface area contributed by atoms with Crippen LogP contribution in [0.25, 0.3) is 0 Å². The molecule has 0 fully saturated rings. The number of carbonyl (C=O) groups is 1. The van der Waals surface area contributed by atoms with Crippen LogP contribution in [0.3, 0.4) is 0 Å². The molecule has 1 N–H and O–H groups in total. The lowest BCUT2D eigenvalue weighted by Crippen LogP contribution is -2.08. The average molecular weight is 192 g/mol. The third-order valence-corrected chi connectivity index (χ3v) is 2.73. The third-order valence-electron chi connectivity index (χ3n) is 2.73.